The van der Waals surface area contributed by atoms with Gasteiger partial charge in [0.25, 0.3) is 0 Å². The highest BCUT2D eigenvalue weighted by Crippen LogP contribution is 2.46. The molecule has 1 amide bonds. The van der Waals surface area contributed by atoms with E-state index in [4.69, 9.17) is 33.6 Å². The van der Waals surface area contributed by atoms with Crippen LogP contribution in [0.15, 0.2) is 84.4 Å². The number of amides is 1. The van der Waals surface area contributed by atoms with Crippen LogP contribution >= 0.6 is 35.8 Å². The molecule has 44 heavy (non-hydrogen) atoms. The second kappa shape index (κ2) is 12.9. The van der Waals surface area contributed by atoms with Crippen LogP contribution < -0.4 is 4.90 Å². The number of thiazole rings is 1. The number of carbonyl (C=O) groups excluding carboxylic acids is 1. The molecule has 1 saturated heterocycles. The number of hydrogen-bond donors (Lipinski definition) is 0. The molecule has 3 aromatic carbocycles. The topological polar surface area (TPSA) is 51.7 Å². The maximum absolute atomic E-state index is 14.2. The van der Waals surface area contributed by atoms with Crippen molar-refractivity contribution in [3.05, 3.63) is 95.5 Å². The zero-order valence-electron chi connectivity index (χ0n) is 26.3. The van der Waals surface area contributed by atoms with Gasteiger partial charge in [-0.3, -0.25) is 4.79 Å². The molecule has 230 valence electrons. The summed E-state index contributed by atoms with van der Waals surface area (Å²) in [4.78, 5) is 21.4. The number of thiocarbonyl (C=S) groups is 2. The molecule has 9 heteroatoms. The third kappa shape index (κ3) is 6.30. The van der Waals surface area contributed by atoms with Gasteiger partial charge in [-0.05, 0) is 67.5 Å². The molecule has 1 aliphatic rings. The maximum Gasteiger partial charge on any atom is 0.235 e. The number of carbonyl (C=O) groups is 1. The second-order valence-corrected chi connectivity index (χ2v) is 19.7. The number of anilines is 1. The van der Waals surface area contributed by atoms with Crippen LogP contribution in [0.1, 0.15) is 51.8 Å². The van der Waals surface area contributed by atoms with E-state index in [0.29, 0.717) is 9.92 Å². The molecule has 0 aliphatic carbocycles. The lowest BCUT2D eigenvalue weighted by molar-refractivity contribution is -0.135. The lowest BCUT2D eigenvalue weighted by Crippen LogP contribution is -2.70. The molecule has 0 N–H and O–H groups in total. The van der Waals surface area contributed by atoms with Gasteiger partial charge in [-0.25, -0.2) is 4.98 Å². The number of benzene rings is 3. The number of rotatable bonds is 10. The van der Waals surface area contributed by atoms with Gasteiger partial charge in [0.1, 0.15) is 11.6 Å². The third-order valence-electron chi connectivity index (χ3n) is 9.05. The van der Waals surface area contributed by atoms with E-state index in [1.807, 2.05) is 103 Å². The minimum Gasteiger partial charge on any atom is -0.474 e. The van der Waals surface area contributed by atoms with Crippen molar-refractivity contribution >= 4 is 75.8 Å². The van der Waals surface area contributed by atoms with Crippen LogP contribution in [-0.2, 0) is 14.0 Å². The first-order valence-corrected chi connectivity index (χ1v) is 19.6. The summed E-state index contributed by atoms with van der Waals surface area (Å²) in [5.74, 6) is -0.945. The molecule has 0 radical (unpaired) electrons. The van der Waals surface area contributed by atoms with Gasteiger partial charge in [0, 0.05) is 4.86 Å². The van der Waals surface area contributed by atoms with Gasteiger partial charge in [-0.2, -0.15) is 0 Å². The largest absolute Gasteiger partial charge is 0.474 e. The Morgan fingerprint density at radius 2 is 1.55 bits per heavy atom. The molecule has 4 atom stereocenters. The Balaban J connectivity index is 1.56. The average molecular weight is 661 g/mol. The summed E-state index contributed by atoms with van der Waals surface area (Å²) in [5, 5.41) is 0.360. The minimum absolute atomic E-state index is 0.00609. The summed E-state index contributed by atoms with van der Waals surface area (Å²) in [6.45, 7) is 15.0. The number of aromatic nitrogens is 1. The molecular weight excluding hydrogens is 621 g/mol. The molecular formula is C35H40N2O3S3Si. The first-order chi connectivity index (χ1) is 20.8. The van der Waals surface area contributed by atoms with Gasteiger partial charge >= 0.3 is 0 Å². The Morgan fingerprint density at radius 3 is 2.09 bits per heavy atom. The summed E-state index contributed by atoms with van der Waals surface area (Å²) < 4.78 is 14.6. The van der Waals surface area contributed by atoms with Crippen LogP contribution in [-0.4, -0.2) is 41.3 Å². The highest BCUT2D eigenvalue weighted by atomic mass is 32.1. The van der Waals surface area contributed by atoms with E-state index >= 15 is 0 Å². The summed E-state index contributed by atoms with van der Waals surface area (Å²) in [6.07, 6.45) is -0.759. The SMILES string of the molecule is CC(=S)C(C(=S)OC(c1ccccc1)c1ccccc1)[C@H]1[C@@H]([C@@H](C)O[Si](C)(C)C(C)(C)C)C(=O)N1c1cccc2scnc12. The fourth-order valence-electron chi connectivity index (χ4n) is 5.75. The van der Waals surface area contributed by atoms with Crippen molar-refractivity contribution in [3.8, 4) is 0 Å². The molecule has 0 saturated carbocycles. The molecule has 0 bridgehead atoms. The van der Waals surface area contributed by atoms with Crippen molar-refractivity contribution < 1.29 is 14.0 Å². The molecule has 1 aromatic heterocycles. The van der Waals surface area contributed by atoms with Crippen molar-refractivity contribution in [3.63, 3.8) is 0 Å². The predicted molar refractivity (Wildman–Crippen MR) is 192 cm³/mol. The lowest BCUT2D eigenvalue weighted by Gasteiger charge is -2.53. The first-order valence-electron chi connectivity index (χ1n) is 15.0. The van der Waals surface area contributed by atoms with Crippen molar-refractivity contribution in [2.45, 2.75) is 71.0 Å². The predicted octanol–water partition coefficient (Wildman–Crippen LogP) is 9.18. The van der Waals surface area contributed by atoms with Crippen LogP contribution in [0.2, 0.25) is 18.1 Å². The van der Waals surface area contributed by atoms with E-state index in [1.54, 1.807) is 11.3 Å². The standard InChI is InChI=1S/C35H40N2O3S3Si/c1-22(40-44(6,7)35(3,4)5)28-31(37(33(28)38)26-19-14-20-27-30(26)36-21-43-27)29(23(2)41)34(42)39-32(24-15-10-8-11-16-24)25-17-12-9-13-18-25/h8-22,28-29,31-32H,1-7H3/t22-,28-,29?,31-/m1/s1. The van der Waals surface area contributed by atoms with E-state index in [0.717, 1.165) is 27.0 Å². The number of nitrogens with zero attached hydrogens (tertiary/aromatic N) is 2. The number of β-lactam (4-membered cyclic amide) rings is 1. The highest BCUT2D eigenvalue weighted by Gasteiger charge is 2.57. The molecule has 5 nitrogen and oxygen atoms in total. The third-order valence-corrected chi connectivity index (χ3v) is 15.0. The zero-order valence-corrected chi connectivity index (χ0v) is 29.8. The molecule has 1 fully saturated rings. The quantitative estimate of drug-likeness (QED) is 0.0961. The van der Waals surface area contributed by atoms with Crippen LogP contribution in [0, 0.1) is 11.8 Å². The lowest BCUT2D eigenvalue weighted by atomic mass is 9.74. The second-order valence-electron chi connectivity index (χ2n) is 13.0. The molecule has 5 rings (SSSR count). The number of hydrogen-bond acceptors (Lipinski definition) is 7. The molecule has 0 spiro atoms. The van der Waals surface area contributed by atoms with Gasteiger partial charge in [0.2, 0.25) is 5.91 Å². The Hall–Kier alpha value is -2.82. The Labute approximate surface area is 276 Å². The number of para-hydroxylation sites is 1. The van der Waals surface area contributed by atoms with E-state index in [-0.39, 0.29) is 23.1 Å². The smallest absolute Gasteiger partial charge is 0.235 e. The minimum atomic E-state index is -2.19. The van der Waals surface area contributed by atoms with E-state index in [9.17, 15) is 4.79 Å². The fraction of sp³-hybridized carbons (Fsp3) is 0.371. The Kier molecular flexibility index (Phi) is 9.54. The van der Waals surface area contributed by atoms with Crippen molar-refractivity contribution in [2.75, 3.05) is 4.90 Å². The summed E-state index contributed by atoms with van der Waals surface area (Å²) in [6, 6.07) is 25.7. The maximum atomic E-state index is 14.2. The van der Waals surface area contributed by atoms with Crippen molar-refractivity contribution in [1.29, 1.82) is 0 Å². The van der Waals surface area contributed by atoms with Gasteiger partial charge in [0.05, 0.1) is 39.9 Å². The summed E-state index contributed by atoms with van der Waals surface area (Å²) in [7, 11) is -2.19. The molecule has 1 aliphatic heterocycles. The van der Waals surface area contributed by atoms with E-state index < -0.39 is 26.3 Å². The van der Waals surface area contributed by atoms with Crippen molar-refractivity contribution in [2.24, 2.45) is 11.8 Å². The molecule has 2 heterocycles. The van der Waals surface area contributed by atoms with Crippen LogP contribution in [0.5, 0.6) is 0 Å². The van der Waals surface area contributed by atoms with E-state index in [2.05, 4.69) is 38.8 Å². The molecule has 4 aromatic rings. The zero-order chi connectivity index (χ0) is 31.8. The van der Waals surface area contributed by atoms with Crippen LogP contribution in [0.3, 0.4) is 0 Å². The average Bonchev–Trinajstić information content (AvgIpc) is 3.45. The van der Waals surface area contributed by atoms with Gasteiger partial charge in [-0.1, -0.05) is 99.7 Å². The Morgan fingerprint density at radius 1 is 0.955 bits per heavy atom. The first kappa shape index (κ1) is 32.6. The fourth-order valence-corrected chi connectivity index (χ4v) is 8.61. The van der Waals surface area contributed by atoms with E-state index in [1.165, 1.54) is 0 Å². The van der Waals surface area contributed by atoms with Crippen LogP contribution in [0.4, 0.5) is 5.69 Å². The van der Waals surface area contributed by atoms with Gasteiger partial charge < -0.3 is 14.1 Å². The summed E-state index contributed by atoms with van der Waals surface area (Å²) in [5.41, 5.74) is 5.35. The van der Waals surface area contributed by atoms with Gasteiger partial charge in [0.15, 0.2) is 13.4 Å². The number of ether oxygens (including phenoxy) is 1. The van der Waals surface area contributed by atoms with Crippen LogP contribution in [0.25, 0.3) is 10.2 Å². The van der Waals surface area contributed by atoms with Crippen molar-refractivity contribution in [1.82, 2.24) is 4.98 Å². The highest BCUT2D eigenvalue weighted by molar-refractivity contribution is 7.82. The number of fused-ring (bicyclic) bond motifs is 1. The Bertz CT molecular complexity index is 1610. The normalized spacial score (nSPS) is 18.6. The summed E-state index contributed by atoms with van der Waals surface area (Å²) >= 11 is 13.6. The molecule has 1 unspecified atom stereocenters. The van der Waals surface area contributed by atoms with Gasteiger partial charge in [-0.15, -0.1) is 11.3 Å². The monoisotopic (exact) mass is 660 g/mol.